The average molecular weight is 403 g/mol. The van der Waals surface area contributed by atoms with E-state index in [4.69, 9.17) is 5.73 Å². The maximum Gasteiger partial charge on any atom is 0.151 e. The van der Waals surface area contributed by atoms with Gasteiger partial charge in [-0.05, 0) is 49.4 Å². The number of nitrogens with zero attached hydrogens (tertiary/aromatic N) is 6. The van der Waals surface area contributed by atoms with Crippen molar-refractivity contribution >= 4 is 5.82 Å². The topological polar surface area (TPSA) is 120 Å². The molecule has 1 aliphatic rings. The molecule has 0 aliphatic heterocycles. The summed E-state index contributed by atoms with van der Waals surface area (Å²) in [6.07, 6.45) is 7.76. The fourth-order valence-corrected chi connectivity index (χ4v) is 4.33. The number of hydrogen-bond acceptors (Lipinski definition) is 7. The molecule has 8 nitrogen and oxygen atoms in total. The van der Waals surface area contributed by atoms with Crippen molar-refractivity contribution in [2.45, 2.75) is 44.7 Å². The zero-order valence-electron chi connectivity index (χ0n) is 17.3. The van der Waals surface area contributed by atoms with Crippen LogP contribution in [0.1, 0.15) is 38.3 Å². The summed E-state index contributed by atoms with van der Waals surface area (Å²) < 4.78 is 0. The van der Waals surface area contributed by atoms with E-state index < -0.39 is 0 Å². The van der Waals surface area contributed by atoms with Crippen LogP contribution < -0.4 is 10.6 Å². The van der Waals surface area contributed by atoms with E-state index in [1.807, 2.05) is 24.3 Å². The molecular weight excluding hydrogens is 376 g/mol. The summed E-state index contributed by atoms with van der Waals surface area (Å²) in [5.74, 6) is 1.44. The minimum absolute atomic E-state index is 0.245. The van der Waals surface area contributed by atoms with Crippen molar-refractivity contribution in [3.8, 4) is 28.6 Å². The molecule has 154 valence electrons. The summed E-state index contributed by atoms with van der Waals surface area (Å²) >= 11 is 0. The molecule has 3 aromatic rings. The molecule has 0 saturated heterocycles. The van der Waals surface area contributed by atoms with Crippen LogP contribution in [-0.2, 0) is 0 Å². The minimum Gasteiger partial charge on any atom is -0.355 e. The Bertz CT molecular complexity index is 1020. The Labute approximate surface area is 176 Å². The first-order chi connectivity index (χ1) is 14.6. The van der Waals surface area contributed by atoms with Crippen molar-refractivity contribution in [3.05, 3.63) is 42.4 Å². The molecule has 1 saturated carbocycles. The third kappa shape index (κ3) is 3.89. The van der Waals surface area contributed by atoms with Gasteiger partial charge in [-0.15, -0.1) is 10.2 Å². The van der Waals surface area contributed by atoms with Gasteiger partial charge in [0.05, 0.1) is 11.9 Å². The molecule has 1 fully saturated rings. The zero-order valence-corrected chi connectivity index (χ0v) is 17.3. The standard InChI is InChI=1S/C22H26N8/c1-3-14-4-5-16(24)10-21(14)30(2)22-9-8-19(28-29-22)18-7-6-17(20(11-23)27-18)15-12-25-26-13-15/h6-9,12-14,16,21H,3-5,10,24H2,1-2H3,(H,25,26). The first-order valence-corrected chi connectivity index (χ1v) is 10.3. The highest BCUT2D eigenvalue weighted by molar-refractivity contribution is 5.70. The molecule has 0 spiro atoms. The lowest BCUT2D eigenvalue weighted by molar-refractivity contribution is 0.267. The van der Waals surface area contributed by atoms with E-state index in [2.05, 4.69) is 50.3 Å². The van der Waals surface area contributed by atoms with Crippen molar-refractivity contribution in [3.63, 3.8) is 0 Å². The van der Waals surface area contributed by atoms with Gasteiger partial charge in [-0.1, -0.05) is 13.3 Å². The van der Waals surface area contributed by atoms with Gasteiger partial charge in [0.2, 0.25) is 0 Å². The molecular formula is C22H26N8. The number of nitrogens with one attached hydrogen (secondary N) is 1. The quantitative estimate of drug-likeness (QED) is 0.672. The molecule has 3 aromatic heterocycles. The van der Waals surface area contributed by atoms with E-state index in [1.54, 1.807) is 12.4 Å². The number of nitrogens with two attached hydrogens (primary N) is 1. The second kappa shape index (κ2) is 8.59. The first kappa shape index (κ1) is 20.0. The summed E-state index contributed by atoms with van der Waals surface area (Å²) in [6.45, 7) is 2.24. The highest BCUT2D eigenvalue weighted by atomic mass is 15.3. The summed E-state index contributed by atoms with van der Waals surface area (Å²) in [4.78, 5) is 6.69. The number of anilines is 1. The Morgan fingerprint density at radius 1 is 1.20 bits per heavy atom. The molecule has 0 amide bonds. The van der Waals surface area contributed by atoms with Crippen molar-refractivity contribution in [1.82, 2.24) is 25.4 Å². The lowest BCUT2D eigenvalue weighted by Gasteiger charge is -2.40. The average Bonchev–Trinajstić information content (AvgIpc) is 3.33. The Hall–Kier alpha value is -3.31. The number of rotatable bonds is 5. The van der Waals surface area contributed by atoms with Gasteiger partial charge in [0, 0.05) is 36.5 Å². The van der Waals surface area contributed by atoms with Crippen molar-refractivity contribution < 1.29 is 0 Å². The second-order valence-electron chi connectivity index (χ2n) is 7.89. The molecule has 8 heteroatoms. The minimum atomic E-state index is 0.245. The van der Waals surface area contributed by atoms with E-state index in [0.717, 1.165) is 42.6 Å². The predicted molar refractivity (Wildman–Crippen MR) is 115 cm³/mol. The largest absolute Gasteiger partial charge is 0.355 e. The number of hydrogen-bond donors (Lipinski definition) is 2. The fourth-order valence-electron chi connectivity index (χ4n) is 4.33. The maximum absolute atomic E-state index is 9.52. The van der Waals surface area contributed by atoms with E-state index in [1.165, 1.54) is 0 Å². The van der Waals surface area contributed by atoms with Crippen LogP contribution >= 0.6 is 0 Å². The van der Waals surface area contributed by atoms with Gasteiger partial charge in [-0.25, -0.2) is 4.98 Å². The second-order valence-corrected chi connectivity index (χ2v) is 7.89. The lowest BCUT2D eigenvalue weighted by Crippen LogP contribution is -2.46. The molecule has 4 rings (SSSR count). The SMILES string of the molecule is CCC1CCC(N)CC1N(C)c1ccc(-c2ccc(-c3cn[nH]c3)c(C#N)n2)nn1. The Morgan fingerprint density at radius 3 is 2.70 bits per heavy atom. The summed E-state index contributed by atoms with van der Waals surface area (Å²) in [5, 5.41) is 25.1. The van der Waals surface area contributed by atoms with Gasteiger partial charge in [0.25, 0.3) is 0 Å². The molecule has 0 bridgehead atoms. The van der Waals surface area contributed by atoms with Gasteiger partial charge in [0.15, 0.2) is 5.82 Å². The van der Waals surface area contributed by atoms with Crippen LogP contribution in [0.3, 0.4) is 0 Å². The molecule has 30 heavy (non-hydrogen) atoms. The normalized spacial score (nSPS) is 21.2. The van der Waals surface area contributed by atoms with E-state index in [0.29, 0.717) is 29.0 Å². The highest BCUT2D eigenvalue weighted by Gasteiger charge is 2.31. The van der Waals surface area contributed by atoms with Crippen molar-refractivity contribution in [2.24, 2.45) is 11.7 Å². The monoisotopic (exact) mass is 402 g/mol. The van der Waals surface area contributed by atoms with Crippen LogP contribution in [0, 0.1) is 17.2 Å². The van der Waals surface area contributed by atoms with Gasteiger partial charge in [-0.3, -0.25) is 5.10 Å². The number of H-pyrrole nitrogens is 1. The smallest absolute Gasteiger partial charge is 0.151 e. The van der Waals surface area contributed by atoms with Crippen molar-refractivity contribution in [2.75, 3.05) is 11.9 Å². The molecule has 0 radical (unpaired) electrons. The van der Waals surface area contributed by atoms with Crippen LogP contribution in [0.5, 0.6) is 0 Å². The Kier molecular flexibility index (Phi) is 5.72. The zero-order chi connectivity index (χ0) is 21.1. The van der Waals surface area contributed by atoms with E-state index >= 15 is 0 Å². The molecule has 0 aromatic carbocycles. The van der Waals surface area contributed by atoms with Gasteiger partial charge >= 0.3 is 0 Å². The van der Waals surface area contributed by atoms with Gasteiger partial charge < -0.3 is 10.6 Å². The number of aromatic amines is 1. The first-order valence-electron chi connectivity index (χ1n) is 10.3. The predicted octanol–water partition coefficient (Wildman–Crippen LogP) is 3.14. The van der Waals surface area contributed by atoms with E-state index in [9.17, 15) is 5.26 Å². The lowest BCUT2D eigenvalue weighted by atomic mass is 9.80. The summed E-state index contributed by atoms with van der Waals surface area (Å²) in [6, 6.07) is 10.4. The number of aromatic nitrogens is 5. The number of pyridine rings is 1. The van der Waals surface area contributed by atoms with Crippen LogP contribution in [-0.4, -0.2) is 44.5 Å². The van der Waals surface area contributed by atoms with Crippen LogP contribution in [0.2, 0.25) is 0 Å². The van der Waals surface area contributed by atoms with Crippen LogP contribution in [0.4, 0.5) is 5.82 Å². The Morgan fingerprint density at radius 2 is 2.03 bits per heavy atom. The van der Waals surface area contributed by atoms with Crippen LogP contribution in [0.15, 0.2) is 36.7 Å². The maximum atomic E-state index is 9.52. The molecule has 3 atom stereocenters. The molecule has 1 aliphatic carbocycles. The third-order valence-corrected chi connectivity index (χ3v) is 6.10. The van der Waals surface area contributed by atoms with Crippen LogP contribution in [0.25, 0.3) is 22.5 Å². The fraction of sp³-hybridized carbons (Fsp3) is 0.409. The van der Waals surface area contributed by atoms with E-state index in [-0.39, 0.29) is 6.04 Å². The Balaban J connectivity index is 1.57. The summed E-state index contributed by atoms with van der Waals surface area (Å²) in [7, 11) is 2.07. The molecule has 3 heterocycles. The summed E-state index contributed by atoms with van der Waals surface area (Å²) in [5.41, 5.74) is 9.37. The van der Waals surface area contributed by atoms with Gasteiger partial charge in [0.1, 0.15) is 17.5 Å². The molecule has 3 N–H and O–H groups in total. The van der Waals surface area contributed by atoms with Gasteiger partial charge in [-0.2, -0.15) is 10.4 Å². The van der Waals surface area contributed by atoms with Crippen molar-refractivity contribution in [1.29, 1.82) is 5.26 Å². The highest BCUT2D eigenvalue weighted by Crippen LogP contribution is 2.32. The third-order valence-electron chi connectivity index (χ3n) is 6.10. The number of nitriles is 1. The molecule has 3 unspecified atom stereocenters.